The summed E-state index contributed by atoms with van der Waals surface area (Å²) in [5.41, 5.74) is 4.05. The summed E-state index contributed by atoms with van der Waals surface area (Å²) in [7, 11) is 0. The van der Waals surface area contributed by atoms with E-state index in [-0.39, 0.29) is 5.41 Å². The molecule has 0 saturated carbocycles. The van der Waals surface area contributed by atoms with E-state index in [0.29, 0.717) is 5.92 Å². The number of aromatic nitrogens is 2. The Labute approximate surface area is 127 Å². The first-order chi connectivity index (χ1) is 10.1. The molecule has 21 heavy (non-hydrogen) atoms. The van der Waals surface area contributed by atoms with Gasteiger partial charge in [-0.3, -0.25) is 0 Å². The van der Waals surface area contributed by atoms with Crippen molar-refractivity contribution < 1.29 is 0 Å². The Morgan fingerprint density at radius 3 is 2.57 bits per heavy atom. The van der Waals surface area contributed by atoms with Gasteiger partial charge in [-0.25, -0.2) is 4.68 Å². The van der Waals surface area contributed by atoms with Crippen LogP contribution in [0.2, 0.25) is 0 Å². The molecule has 1 atom stereocenters. The number of nitrogens with one attached hydrogen (secondary N) is 1. The van der Waals surface area contributed by atoms with Gasteiger partial charge in [0.2, 0.25) is 0 Å². The molecular formula is C18H25N3. The van der Waals surface area contributed by atoms with Crippen molar-refractivity contribution in [3.63, 3.8) is 0 Å². The molecule has 0 bridgehead atoms. The van der Waals surface area contributed by atoms with Crippen molar-refractivity contribution in [1.29, 1.82) is 0 Å². The van der Waals surface area contributed by atoms with Gasteiger partial charge in [0.1, 0.15) is 0 Å². The van der Waals surface area contributed by atoms with Gasteiger partial charge in [-0.15, -0.1) is 0 Å². The molecule has 1 saturated heterocycles. The van der Waals surface area contributed by atoms with Gasteiger partial charge >= 0.3 is 0 Å². The lowest BCUT2D eigenvalue weighted by Crippen LogP contribution is -2.31. The number of hydrogen-bond donors (Lipinski definition) is 1. The van der Waals surface area contributed by atoms with E-state index in [4.69, 9.17) is 5.10 Å². The smallest absolute Gasteiger partial charge is 0.0649 e. The Morgan fingerprint density at radius 1 is 1.19 bits per heavy atom. The summed E-state index contributed by atoms with van der Waals surface area (Å²) < 4.78 is 2.15. The molecule has 3 rings (SSSR count). The van der Waals surface area contributed by atoms with E-state index in [0.717, 1.165) is 18.8 Å². The summed E-state index contributed by atoms with van der Waals surface area (Å²) in [5, 5.41) is 8.26. The summed E-state index contributed by atoms with van der Waals surface area (Å²) in [4.78, 5) is 0. The van der Waals surface area contributed by atoms with Crippen LogP contribution in [0.3, 0.4) is 0 Å². The molecule has 1 aliphatic rings. The number of para-hydroxylation sites is 1. The quantitative estimate of drug-likeness (QED) is 0.912. The van der Waals surface area contributed by atoms with Crippen LogP contribution in [0.5, 0.6) is 0 Å². The summed E-state index contributed by atoms with van der Waals surface area (Å²) in [6.07, 6.45) is 4.56. The maximum absolute atomic E-state index is 4.72. The van der Waals surface area contributed by atoms with Gasteiger partial charge in [0.25, 0.3) is 0 Å². The molecule has 0 spiro atoms. The lowest BCUT2D eigenvalue weighted by atomic mass is 9.82. The van der Waals surface area contributed by atoms with Crippen molar-refractivity contribution in [3.8, 4) is 5.69 Å². The number of nitrogens with zero attached hydrogens (tertiary/aromatic N) is 2. The fourth-order valence-corrected chi connectivity index (χ4v) is 3.19. The predicted molar refractivity (Wildman–Crippen MR) is 87.1 cm³/mol. The molecule has 2 aromatic rings. The molecule has 0 amide bonds. The zero-order valence-corrected chi connectivity index (χ0v) is 13.3. The average molecular weight is 283 g/mol. The number of piperidine rings is 1. The fraction of sp³-hybridized carbons (Fsp3) is 0.500. The molecule has 3 nitrogen and oxygen atoms in total. The molecule has 1 N–H and O–H groups in total. The molecule has 1 aliphatic heterocycles. The SMILES string of the molecule is CC(C)(C)c1cnn(-c2ccccc2)c1C1CCCNC1. The van der Waals surface area contributed by atoms with Crippen LogP contribution in [-0.2, 0) is 5.41 Å². The van der Waals surface area contributed by atoms with Crippen molar-refractivity contribution >= 4 is 0 Å². The molecule has 2 heterocycles. The minimum absolute atomic E-state index is 0.125. The van der Waals surface area contributed by atoms with E-state index in [1.165, 1.54) is 24.1 Å². The number of hydrogen-bond acceptors (Lipinski definition) is 2. The Balaban J connectivity index is 2.10. The van der Waals surface area contributed by atoms with Crippen LogP contribution in [0.4, 0.5) is 0 Å². The lowest BCUT2D eigenvalue weighted by molar-refractivity contribution is 0.438. The van der Waals surface area contributed by atoms with E-state index in [1.807, 2.05) is 0 Å². The highest BCUT2D eigenvalue weighted by Gasteiger charge is 2.29. The van der Waals surface area contributed by atoms with Gasteiger partial charge in [-0.05, 0) is 42.5 Å². The van der Waals surface area contributed by atoms with E-state index in [9.17, 15) is 0 Å². The largest absolute Gasteiger partial charge is 0.316 e. The van der Waals surface area contributed by atoms with Gasteiger partial charge in [-0.1, -0.05) is 39.0 Å². The molecule has 1 fully saturated rings. The lowest BCUT2D eigenvalue weighted by Gasteiger charge is -2.28. The van der Waals surface area contributed by atoms with E-state index in [1.54, 1.807) is 0 Å². The number of rotatable bonds is 2. The van der Waals surface area contributed by atoms with Crippen LogP contribution in [0, 0.1) is 0 Å². The Kier molecular flexibility index (Phi) is 3.85. The first kappa shape index (κ1) is 14.3. The van der Waals surface area contributed by atoms with Gasteiger partial charge in [0.05, 0.1) is 17.6 Å². The highest BCUT2D eigenvalue weighted by atomic mass is 15.3. The van der Waals surface area contributed by atoms with E-state index < -0.39 is 0 Å². The molecule has 1 aromatic heterocycles. The second-order valence-electron chi connectivity index (χ2n) is 6.98. The Bertz CT molecular complexity index is 587. The molecule has 1 unspecified atom stereocenters. The van der Waals surface area contributed by atoms with Crippen LogP contribution in [0.15, 0.2) is 36.5 Å². The fourth-order valence-electron chi connectivity index (χ4n) is 3.19. The highest BCUT2D eigenvalue weighted by molar-refractivity contribution is 5.39. The van der Waals surface area contributed by atoms with Crippen LogP contribution in [0.1, 0.15) is 50.8 Å². The van der Waals surface area contributed by atoms with Gasteiger partial charge in [0.15, 0.2) is 0 Å². The van der Waals surface area contributed by atoms with Crippen LogP contribution >= 0.6 is 0 Å². The highest BCUT2D eigenvalue weighted by Crippen LogP contribution is 2.34. The van der Waals surface area contributed by atoms with Crippen molar-refractivity contribution in [2.45, 2.75) is 44.9 Å². The monoisotopic (exact) mass is 283 g/mol. The van der Waals surface area contributed by atoms with Crippen LogP contribution < -0.4 is 5.32 Å². The van der Waals surface area contributed by atoms with Gasteiger partial charge in [0, 0.05) is 12.5 Å². The first-order valence-corrected chi connectivity index (χ1v) is 7.92. The molecular weight excluding hydrogens is 258 g/mol. The zero-order valence-electron chi connectivity index (χ0n) is 13.3. The predicted octanol–water partition coefficient (Wildman–Crippen LogP) is 3.64. The Hall–Kier alpha value is -1.61. The minimum Gasteiger partial charge on any atom is -0.316 e. The van der Waals surface area contributed by atoms with Crippen molar-refractivity contribution in [3.05, 3.63) is 47.8 Å². The molecule has 0 aliphatic carbocycles. The molecule has 0 radical (unpaired) electrons. The second-order valence-corrected chi connectivity index (χ2v) is 6.98. The molecule has 112 valence electrons. The van der Waals surface area contributed by atoms with Gasteiger partial charge in [-0.2, -0.15) is 5.10 Å². The second kappa shape index (κ2) is 5.64. The van der Waals surface area contributed by atoms with Crippen molar-refractivity contribution in [1.82, 2.24) is 15.1 Å². The van der Waals surface area contributed by atoms with Crippen molar-refractivity contribution in [2.75, 3.05) is 13.1 Å². The topological polar surface area (TPSA) is 29.9 Å². The standard InChI is InChI=1S/C18H25N3/c1-18(2,3)16-13-20-21(15-9-5-4-6-10-15)17(16)14-8-7-11-19-12-14/h4-6,9-10,13-14,19H,7-8,11-12H2,1-3H3. The normalized spacial score (nSPS) is 19.7. The van der Waals surface area contributed by atoms with E-state index >= 15 is 0 Å². The van der Waals surface area contributed by atoms with Crippen molar-refractivity contribution in [2.24, 2.45) is 0 Å². The minimum atomic E-state index is 0.125. The first-order valence-electron chi connectivity index (χ1n) is 7.92. The third kappa shape index (κ3) is 2.88. The molecule has 3 heteroatoms. The Morgan fingerprint density at radius 2 is 1.95 bits per heavy atom. The zero-order chi connectivity index (χ0) is 14.9. The third-order valence-electron chi connectivity index (χ3n) is 4.30. The third-order valence-corrected chi connectivity index (χ3v) is 4.30. The molecule has 1 aromatic carbocycles. The van der Waals surface area contributed by atoms with Gasteiger partial charge < -0.3 is 5.32 Å². The number of benzene rings is 1. The van der Waals surface area contributed by atoms with Crippen LogP contribution in [-0.4, -0.2) is 22.9 Å². The summed E-state index contributed by atoms with van der Waals surface area (Å²) in [6.45, 7) is 9.03. The maximum Gasteiger partial charge on any atom is 0.0649 e. The van der Waals surface area contributed by atoms with Crippen LogP contribution in [0.25, 0.3) is 5.69 Å². The summed E-state index contributed by atoms with van der Waals surface area (Å²) in [5.74, 6) is 0.552. The average Bonchev–Trinajstić information content (AvgIpc) is 2.94. The summed E-state index contributed by atoms with van der Waals surface area (Å²) in [6, 6.07) is 10.5. The maximum atomic E-state index is 4.72. The van der Waals surface area contributed by atoms with E-state index in [2.05, 4.69) is 67.3 Å². The summed E-state index contributed by atoms with van der Waals surface area (Å²) >= 11 is 0.